The van der Waals surface area contributed by atoms with E-state index < -0.39 is 16.4 Å². The highest BCUT2D eigenvalue weighted by atomic mass is 32.2. The molecular formula is C13H22O4S. The number of hydrogen-bond acceptors (Lipinski definition) is 4. The predicted molar refractivity (Wildman–Crippen MR) is 68.7 cm³/mol. The summed E-state index contributed by atoms with van der Waals surface area (Å²) in [6, 6.07) is 0. The molecule has 3 heterocycles. The van der Waals surface area contributed by atoms with Crippen LogP contribution in [0.5, 0.6) is 0 Å². The van der Waals surface area contributed by atoms with Crippen molar-refractivity contribution < 1.29 is 18.8 Å². The highest BCUT2D eigenvalue weighted by molar-refractivity contribution is 7.86. The first-order valence-electron chi connectivity index (χ1n) is 7.01. The maximum Gasteiger partial charge on any atom is 0.157 e. The first-order valence-corrected chi connectivity index (χ1v) is 8.29. The number of fused-ring (bicyclic) bond motifs is 2. The van der Waals surface area contributed by atoms with Gasteiger partial charge in [-0.1, -0.05) is 0 Å². The fourth-order valence-electron chi connectivity index (χ4n) is 3.47. The normalized spacial score (nSPS) is 45.3. The van der Waals surface area contributed by atoms with Gasteiger partial charge in [0.1, 0.15) is 0 Å². The molecule has 104 valence electrons. The van der Waals surface area contributed by atoms with Crippen molar-refractivity contribution in [3.63, 3.8) is 0 Å². The van der Waals surface area contributed by atoms with Crippen LogP contribution in [0.3, 0.4) is 0 Å². The Balaban J connectivity index is 1.54. The van der Waals surface area contributed by atoms with Crippen molar-refractivity contribution in [3.8, 4) is 0 Å². The highest BCUT2D eigenvalue weighted by Crippen LogP contribution is 2.43. The lowest BCUT2D eigenvalue weighted by atomic mass is 9.88. The molecule has 3 aliphatic rings. The third-order valence-electron chi connectivity index (χ3n) is 4.42. The second-order valence-corrected chi connectivity index (χ2v) is 7.84. The van der Waals surface area contributed by atoms with E-state index in [0.717, 1.165) is 38.9 Å². The topological polar surface area (TPSA) is 55.8 Å². The Kier molecular flexibility index (Phi) is 3.76. The minimum absolute atomic E-state index is 0.146. The Morgan fingerprint density at radius 3 is 2.39 bits per heavy atom. The average Bonchev–Trinajstić information content (AvgIpc) is 2.62. The Morgan fingerprint density at radius 1 is 1.17 bits per heavy atom. The average molecular weight is 274 g/mol. The third-order valence-corrected chi connectivity index (χ3v) is 6.54. The van der Waals surface area contributed by atoms with Crippen molar-refractivity contribution in [1.29, 1.82) is 0 Å². The SMILES string of the molecule is O=S1C2CCC1CC(O)(CCC1OCCCO1)C2. The van der Waals surface area contributed by atoms with Crippen molar-refractivity contribution in [1.82, 2.24) is 0 Å². The third kappa shape index (κ3) is 2.64. The zero-order valence-electron chi connectivity index (χ0n) is 10.7. The number of ether oxygens (including phenoxy) is 2. The molecule has 0 saturated carbocycles. The smallest absolute Gasteiger partial charge is 0.157 e. The van der Waals surface area contributed by atoms with E-state index in [-0.39, 0.29) is 16.8 Å². The van der Waals surface area contributed by atoms with Gasteiger partial charge >= 0.3 is 0 Å². The van der Waals surface area contributed by atoms with E-state index in [0.29, 0.717) is 19.3 Å². The molecule has 0 radical (unpaired) electrons. The molecule has 3 rings (SSSR count). The van der Waals surface area contributed by atoms with Crippen LogP contribution < -0.4 is 0 Å². The summed E-state index contributed by atoms with van der Waals surface area (Å²) in [5.41, 5.74) is -0.635. The van der Waals surface area contributed by atoms with E-state index in [1.807, 2.05) is 0 Å². The lowest BCUT2D eigenvalue weighted by Crippen LogP contribution is -2.43. The minimum Gasteiger partial charge on any atom is -0.390 e. The van der Waals surface area contributed by atoms with Gasteiger partial charge in [-0.2, -0.15) is 0 Å². The summed E-state index contributed by atoms with van der Waals surface area (Å²) in [5.74, 6) is 0. The van der Waals surface area contributed by atoms with Gasteiger partial charge in [0.15, 0.2) is 6.29 Å². The van der Waals surface area contributed by atoms with Crippen LogP contribution in [0.1, 0.15) is 44.9 Å². The van der Waals surface area contributed by atoms with Gasteiger partial charge in [-0.25, -0.2) is 0 Å². The molecule has 0 aromatic rings. The van der Waals surface area contributed by atoms with Gasteiger partial charge < -0.3 is 14.6 Å². The molecule has 0 amide bonds. The molecule has 0 aromatic heterocycles. The summed E-state index contributed by atoms with van der Waals surface area (Å²) in [5, 5.41) is 11.1. The summed E-state index contributed by atoms with van der Waals surface area (Å²) in [7, 11) is -0.696. The van der Waals surface area contributed by atoms with E-state index in [9.17, 15) is 9.32 Å². The van der Waals surface area contributed by atoms with Gasteiger partial charge in [-0.05, 0) is 38.5 Å². The molecule has 2 bridgehead atoms. The quantitative estimate of drug-likeness (QED) is 0.843. The molecule has 0 aliphatic carbocycles. The first kappa shape index (κ1) is 13.0. The van der Waals surface area contributed by atoms with E-state index in [1.165, 1.54) is 0 Å². The molecule has 3 saturated heterocycles. The van der Waals surface area contributed by atoms with Crippen LogP contribution in [0.25, 0.3) is 0 Å². The molecule has 0 aromatic carbocycles. The van der Waals surface area contributed by atoms with E-state index in [4.69, 9.17) is 9.47 Å². The summed E-state index contributed by atoms with van der Waals surface area (Å²) >= 11 is 0. The molecule has 3 fully saturated rings. The zero-order valence-corrected chi connectivity index (χ0v) is 11.5. The van der Waals surface area contributed by atoms with Crippen molar-refractivity contribution in [2.45, 2.75) is 67.3 Å². The molecule has 1 N–H and O–H groups in total. The number of aliphatic hydroxyl groups is 1. The van der Waals surface area contributed by atoms with Crippen molar-refractivity contribution >= 4 is 10.8 Å². The van der Waals surface area contributed by atoms with E-state index >= 15 is 0 Å². The lowest BCUT2D eigenvalue weighted by molar-refractivity contribution is -0.187. The predicted octanol–water partition coefficient (Wildman–Crippen LogP) is 1.33. The highest BCUT2D eigenvalue weighted by Gasteiger charge is 2.47. The zero-order chi connectivity index (χ0) is 12.6. The van der Waals surface area contributed by atoms with Crippen molar-refractivity contribution in [2.75, 3.05) is 13.2 Å². The summed E-state index contributed by atoms with van der Waals surface area (Å²) in [6.45, 7) is 1.52. The van der Waals surface area contributed by atoms with Crippen LogP contribution in [0.15, 0.2) is 0 Å². The first-order chi connectivity index (χ1) is 8.66. The minimum atomic E-state index is -0.696. The molecule has 18 heavy (non-hydrogen) atoms. The van der Waals surface area contributed by atoms with Crippen LogP contribution in [0, 0.1) is 0 Å². The summed E-state index contributed by atoms with van der Waals surface area (Å²) in [6.07, 6.45) is 5.72. The van der Waals surface area contributed by atoms with E-state index in [1.54, 1.807) is 0 Å². The Morgan fingerprint density at radius 2 is 1.78 bits per heavy atom. The maximum absolute atomic E-state index is 11.9. The summed E-state index contributed by atoms with van der Waals surface area (Å²) < 4.78 is 23.0. The standard InChI is InChI=1S/C13H22O4S/c14-13(5-4-12-16-6-1-7-17-12)8-10-2-3-11(9-13)18(10)15/h10-12,14H,1-9H2. The fraction of sp³-hybridized carbons (Fsp3) is 1.00. The van der Waals surface area contributed by atoms with Gasteiger partial charge in [-0.15, -0.1) is 0 Å². The van der Waals surface area contributed by atoms with E-state index in [2.05, 4.69) is 0 Å². The fourth-order valence-corrected chi connectivity index (χ4v) is 5.70. The Hall–Kier alpha value is 0.0300. The monoisotopic (exact) mass is 274 g/mol. The van der Waals surface area contributed by atoms with Gasteiger partial charge in [0, 0.05) is 27.7 Å². The molecule has 0 spiro atoms. The molecule has 3 aliphatic heterocycles. The Bertz CT molecular complexity index is 311. The lowest BCUT2D eigenvalue weighted by Gasteiger charge is -2.37. The van der Waals surface area contributed by atoms with Gasteiger partial charge in [0.05, 0.1) is 18.8 Å². The molecule has 2 unspecified atom stereocenters. The van der Waals surface area contributed by atoms with Crippen LogP contribution in [-0.2, 0) is 20.3 Å². The molecule has 4 nitrogen and oxygen atoms in total. The number of hydrogen-bond donors (Lipinski definition) is 1. The molecule has 5 heteroatoms. The van der Waals surface area contributed by atoms with Crippen molar-refractivity contribution in [2.24, 2.45) is 0 Å². The summed E-state index contributed by atoms with van der Waals surface area (Å²) in [4.78, 5) is 0. The van der Waals surface area contributed by atoms with Crippen LogP contribution in [-0.4, -0.2) is 44.9 Å². The van der Waals surface area contributed by atoms with Crippen LogP contribution in [0.4, 0.5) is 0 Å². The molecular weight excluding hydrogens is 252 g/mol. The maximum atomic E-state index is 11.9. The van der Waals surface area contributed by atoms with Gasteiger partial charge in [-0.3, -0.25) is 4.21 Å². The van der Waals surface area contributed by atoms with Crippen LogP contribution in [0.2, 0.25) is 0 Å². The Labute approximate surface area is 110 Å². The second kappa shape index (κ2) is 5.19. The number of rotatable bonds is 3. The largest absolute Gasteiger partial charge is 0.390 e. The van der Waals surface area contributed by atoms with Gasteiger partial charge in [0.25, 0.3) is 0 Å². The second-order valence-electron chi connectivity index (χ2n) is 5.85. The van der Waals surface area contributed by atoms with Gasteiger partial charge in [0.2, 0.25) is 0 Å². The molecule has 2 atom stereocenters. The van der Waals surface area contributed by atoms with Crippen molar-refractivity contribution in [3.05, 3.63) is 0 Å². The van der Waals surface area contributed by atoms with Crippen LogP contribution >= 0.6 is 0 Å².